The maximum absolute atomic E-state index is 12.0. The number of carbonyl (C=O) groups is 1. The Balaban J connectivity index is 1.90. The lowest BCUT2D eigenvalue weighted by Crippen LogP contribution is -2.32. The highest BCUT2D eigenvalue weighted by Gasteiger charge is 2.16. The predicted octanol–water partition coefficient (Wildman–Crippen LogP) is 2.89. The smallest absolute Gasteiger partial charge is 0.252 e. The minimum absolute atomic E-state index is 0.0565. The molecule has 0 spiro atoms. The minimum atomic E-state index is -0.0565. The predicted molar refractivity (Wildman–Crippen MR) is 77.3 cm³/mol. The summed E-state index contributed by atoms with van der Waals surface area (Å²) in [6.45, 7) is 2.32. The summed E-state index contributed by atoms with van der Waals surface area (Å²) in [6.07, 6.45) is 2.04. The summed E-state index contributed by atoms with van der Waals surface area (Å²) in [5, 5.41) is 2.97. The third-order valence-corrected chi connectivity index (χ3v) is 3.96. The normalized spacial score (nSPS) is 16.6. The Labute approximate surface area is 121 Å². The molecule has 3 nitrogen and oxygen atoms in total. The van der Waals surface area contributed by atoms with E-state index in [1.165, 1.54) is 0 Å². The largest absolute Gasteiger partial charge is 0.381 e. The molecule has 1 heterocycles. The van der Waals surface area contributed by atoms with E-state index < -0.39 is 0 Å². The standard InChI is InChI=1S/C13H16BrNO2S/c14-10-1-2-11(12(18)7-10)13(16)15-8-9-3-5-17-6-4-9/h1-2,7,9,18H,3-6,8H2,(H,15,16). The van der Waals surface area contributed by atoms with Gasteiger partial charge in [-0.1, -0.05) is 15.9 Å². The van der Waals surface area contributed by atoms with Gasteiger partial charge in [-0.3, -0.25) is 4.79 Å². The van der Waals surface area contributed by atoms with Crippen molar-refractivity contribution in [1.29, 1.82) is 0 Å². The van der Waals surface area contributed by atoms with E-state index in [2.05, 4.69) is 33.9 Å². The van der Waals surface area contributed by atoms with Gasteiger partial charge in [0.05, 0.1) is 5.56 Å². The molecule has 98 valence electrons. The number of hydrogen-bond donors (Lipinski definition) is 2. The second kappa shape index (κ2) is 6.59. The van der Waals surface area contributed by atoms with Gasteiger partial charge in [-0.05, 0) is 37.0 Å². The van der Waals surface area contributed by atoms with Crippen LogP contribution in [-0.4, -0.2) is 25.7 Å². The Bertz CT molecular complexity index is 433. The van der Waals surface area contributed by atoms with Crippen LogP contribution in [0.5, 0.6) is 0 Å². The van der Waals surface area contributed by atoms with Crippen molar-refractivity contribution in [2.24, 2.45) is 5.92 Å². The van der Waals surface area contributed by atoms with Crippen molar-refractivity contribution in [3.05, 3.63) is 28.2 Å². The lowest BCUT2D eigenvalue weighted by molar-refractivity contribution is 0.0642. The number of rotatable bonds is 3. The number of halogens is 1. The van der Waals surface area contributed by atoms with Crippen LogP contribution in [0.3, 0.4) is 0 Å². The average Bonchev–Trinajstić information content (AvgIpc) is 2.37. The quantitative estimate of drug-likeness (QED) is 0.837. The summed E-state index contributed by atoms with van der Waals surface area (Å²) in [4.78, 5) is 12.7. The monoisotopic (exact) mass is 329 g/mol. The average molecular weight is 330 g/mol. The van der Waals surface area contributed by atoms with E-state index in [1.54, 1.807) is 6.07 Å². The van der Waals surface area contributed by atoms with Gasteiger partial charge in [0.1, 0.15) is 0 Å². The third kappa shape index (κ3) is 3.73. The highest BCUT2D eigenvalue weighted by molar-refractivity contribution is 9.10. The molecule has 0 radical (unpaired) electrons. The molecular formula is C13H16BrNO2S. The zero-order chi connectivity index (χ0) is 13.0. The number of hydrogen-bond acceptors (Lipinski definition) is 3. The van der Waals surface area contributed by atoms with Crippen LogP contribution in [0, 0.1) is 5.92 Å². The fourth-order valence-corrected chi connectivity index (χ4v) is 2.83. The van der Waals surface area contributed by atoms with Crippen molar-refractivity contribution >= 4 is 34.5 Å². The van der Waals surface area contributed by atoms with Gasteiger partial charge in [0.2, 0.25) is 0 Å². The summed E-state index contributed by atoms with van der Waals surface area (Å²) >= 11 is 7.67. The van der Waals surface area contributed by atoms with Crippen LogP contribution >= 0.6 is 28.6 Å². The highest BCUT2D eigenvalue weighted by atomic mass is 79.9. The van der Waals surface area contributed by atoms with Crippen LogP contribution < -0.4 is 5.32 Å². The van der Waals surface area contributed by atoms with Gasteiger partial charge >= 0.3 is 0 Å². The van der Waals surface area contributed by atoms with E-state index in [4.69, 9.17) is 4.74 Å². The second-order valence-electron chi connectivity index (χ2n) is 4.43. The van der Waals surface area contributed by atoms with Gasteiger partial charge in [-0.15, -0.1) is 12.6 Å². The molecule has 18 heavy (non-hydrogen) atoms. The highest BCUT2D eigenvalue weighted by Crippen LogP contribution is 2.20. The summed E-state index contributed by atoms with van der Waals surface area (Å²) < 4.78 is 6.22. The maximum atomic E-state index is 12.0. The van der Waals surface area contributed by atoms with Gasteiger partial charge in [0.25, 0.3) is 5.91 Å². The van der Waals surface area contributed by atoms with E-state index in [0.29, 0.717) is 22.9 Å². The molecule has 0 aromatic heterocycles. The topological polar surface area (TPSA) is 38.3 Å². The van der Waals surface area contributed by atoms with E-state index in [9.17, 15) is 4.79 Å². The second-order valence-corrected chi connectivity index (χ2v) is 5.82. The Morgan fingerprint density at radius 1 is 1.44 bits per heavy atom. The lowest BCUT2D eigenvalue weighted by atomic mass is 10.0. The van der Waals surface area contributed by atoms with Gasteiger partial charge in [-0.2, -0.15) is 0 Å². The van der Waals surface area contributed by atoms with Crippen LogP contribution in [0.2, 0.25) is 0 Å². The van der Waals surface area contributed by atoms with Crippen molar-refractivity contribution in [1.82, 2.24) is 5.32 Å². The number of carbonyl (C=O) groups excluding carboxylic acids is 1. The van der Waals surface area contributed by atoms with Crippen molar-refractivity contribution in [2.75, 3.05) is 19.8 Å². The van der Waals surface area contributed by atoms with Crippen LogP contribution in [-0.2, 0) is 4.74 Å². The molecular weight excluding hydrogens is 314 g/mol. The molecule has 1 N–H and O–H groups in total. The van der Waals surface area contributed by atoms with Crippen molar-refractivity contribution in [3.63, 3.8) is 0 Å². The van der Waals surface area contributed by atoms with Crippen molar-refractivity contribution < 1.29 is 9.53 Å². The molecule has 1 saturated heterocycles. The Morgan fingerprint density at radius 3 is 2.83 bits per heavy atom. The first-order valence-corrected chi connectivity index (χ1v) is 7.25. The summed E-state index contributed by atoms with van der Waals surface area (Å²) in [5.41, 5.74) is 0.619. The lowest BCUT2D eigenvalue weighted by Gasteiger charge is -2.22. The first-order chi connectivity index (χ1) is 8.66. The fraction of sp³-hybridized carbons (Fsp3) is 0.462. The van der Waals surface area contributed by atoms with Crippen LogP contribution in [0.4, 0.5) is 0 Å². The third-order valence-electron chi connectivity index (χ3n) is 3.10. The molecule has 1 amide bonds. The van der Waals surface area contributed by atoms with E-state index in [1.807, 2.05) is 12.1 Å². The molecule has 1 aliphatic rings. The molecule has 1 aromatic rings. The van der Waals surface area contributed by atoms with E-state index in [-0.39, 0.29) is 5.91 Å². The van der Waals surface area contributed by atoms with Crippen LogP contribution in [0.1, 0.15) is 23.2 Å². The molecule has 0 aliphatic carbocycles. The Kier molecular flexibility index (Phi) is 5.09. The molecule has 1 aliphatic heterocycles. The molecule has 1 fully saturated rings. The van der Waals surface area contributed by atoms with Gasteiger partial charge in [0.15, 0.2) is 0 Å². The zero-order valence-electron chi connectivity index (χ0n) is 9.99. The number of benzene rings is 1. The van der Waals surface area contributed by atoms with Crippen LogP contribution in [0.25, 0.3) is 0 Å². The molecule has 0 atom stereocenters. The SMILES string of the molecule is O=C(NCC1CCOCC1)c1ccc(Br)cc1S. The fourth-order valence-electron chi connectivity index (χ4n) is 1.98. The van der Waals surface area contributed by atoms with Crippen molar-refractivity contribution in [3.8, 4) is 0 Å². The van der Waals surface area contributed by atoms with E-state index >= 15 is 0 Å². The maximum Gasteiger partial charge on any atom is 0.252 e. The van der Waals surface area contributed by atoms with Gasteiger partial charge in [-0.25, -0.2) is 0 Å². The van der Waals surface area contributed by atoms with Gasteiger partial charge in [0, 0.05) is 29.1 Å². The number of thiol groups is 1. The van der Waals surface area contributed by atoms with Gasteiger partial charge < -0.3 is 10.1 Å². The summed E-state index contributed by atoms with van der Waals surface area (Å²) in [6, 6.07) is 5.46. The zero-order valence-corrected chi connectivity index (χ0v) is 12.5. The first-order valence-electron chi connectivity index (χ1n) is 6.01. The number of nitrogens with one attached hydrogen (secondary N) is 1. The minimum Gasteiger partial charge on any atom is -0.381 e. The Hall–Kier alpha value is -0.520. The summed E-state index contributed by atoms with van der Waals surface area (Å²) in [5.74, 6) is 0.473. The van der Waals surface area contributed by atoms with Crippen molar-refractivity contribution in [2.45, 2.75) is 17.7 Å². The molecule has 1 aromatic carbocycles. The first kappa shape index (κ1) is 13.9. The molecule has 2 rings (SSSR count). The van der Waals surface area contributed by atoms with Crippen LogP contribution in [0.15, 0.2) is 27.6 Å². The molecule has 5 heteroatoms. The Morgan fingerprint density at radius 2 is 2.17 bits per heavy atom. The number of ether oxygens (including phenoxy) is 1. The number of amides is 1. The molecule has 0 saturated carbocycles. The molecule has 0 unspecified atom stereocenters. The molecule has 0 bridgehead atoms. The van der Waals surface area contributed by atoms with E-state index in [0.717, 1.165) is 30.5 Å². The summed E-state index contributed by atoms with van der Waals surface area (Å²) in [7, 11) is 0.